The Kier molecular flexibility index (Phi) is 3.56. The number of ether oxygens (including phenoxy) is 1. The lowest BCUT2D eigenvalue weighted by Gasteiger charge is -2.15. The number of rotatable bonds is 4. The summed E-state index contributed by atoms with van der Waals surface area (Å²) >= 11 is 0. The summed E-state index contributed by atoms with van der Waals surface area (Å²) < 4.78 is 28.9. The fourth-order valence-corrected chi connectivity index (χ4v) is 3.82. The maximum Gasteiger partial charge on any atom is 0.358 e. The topological polar surface area (TPSA) is 132 Å². The molecule has 19 heavy (non-hydrogen) atoms. The molecule has 0 aromatic carbocycles. The van der Waals surface area contributed by atoms with E-state index in [1.54, 1.807) is 0 Å². The number of nitrogens with zero attached hydrogens (tertiary/aromatic N) is 3. The van der Waals surface area contributed by atoms with Gasteiger partial charge in [0.15, 0.2) is 15.5 Å². The van der Waals surface area contributed by atoms with Crippen LogP contribution in [0, 0.1) is 0 Å². The van der Waals surface area contributed by atoms with E-state index >= 15 is 0 Å². The number of aliphatic hydroxyl groups excluding tert-OH is 1. The lowest BCUT2D eigenvalue weighted by molar-refractivity contribution is 0.0683. The molecule has 0 spiro atoms. The number of aliphatic hydroxyl groups is 1. The summed E-state index contributed by atoms with van der Waals surface area (Å²) in [6.45, 7) is -0.0854. The first kappa shape index (κ1) is 13.9. The lowest BCUT2D eigenvalue weighted by Crippen LogP contribution is -2.25. The molecule has 0 radical (unpaired) electrons. The molecule has 0 saturated carbocycles. The number of hydrogen-bond donors (Lipinski definition) is 2. The predicted molar refractivity (Wildman–Crippen MR) is 61.4 cm³/mol. The van der Waals surface area contributed by atoms with Crippen LogP contribution in [-0.2, 0) is 21.2 Å². The molecule has 1 saturated heterocycles. The van der Waals surface area contributed by atoms with E-state index in [9.17, 15) is 18.3 Å². The fraction of sp³-hybridized carbons (Fsp3) is 0.667. The largest absolute Gasteiger partial charge is 0.476 e. The van der Waals surface area contributed by atoms with Crippen molar-refractivity contribution in [3.8, 4) is 0 Å². The summed E-state index contributed by atoms with van der Waals surface area (Å²) in [5.41, 5.74) is -0.172. The van der Waals surface area contributed by atoms with Gasteiger partial charge in [0, 0.05) is 7.11 Å². The maximum atomic E-state index is 11.5. The third-order valence-corrected chi connectivity index (χ3v) is 4.58. The van der Waals surface area contributed by atoms with E-state index in [0.717, 1.165) is 4.68 Å². The lowest BCUT2D eigenvalue weighted by atomic mass is 10.2. The van der Waals surface area contributed by atoms with E-state index in [2.05, 4.69) is 10.3 Å². The number of hydrogen-bond acceptors (Lipinski definition) is 7. The van der Waals surface area contributed by atoms with Crippen LogP contribution >= 0.6 is 0 Å². The molecule has 2 rings (SSSR count). The van der Waals surface area contributed by atoms with E-state index in [1.807, 2.05) is 0 Å². The molecule has 106 valence electrons. The van der Waals surface area contributed by atoms with Gasteiger partial charge < -0.3 is 14.9 Å². The van der Waals surface area contributed by atoms with Gasteiger partial charge in [-0.3, -0.25) is 0 Å². The van der Waals surface area contributed by atoms with Crippen LogP contribution in [0.2, 0.25) is 0 Å². The van der Waals surface area contributed by atoms with E-state index in [4.69, 9.17) is 9.84 Å². The average Bonchev–Trinajstić information content (AvgIpc) is 2.80. The zero-order valence-corrected chi connectivity index (χ0v) is 10.9. The molecule has 2 unspecified atom stereocenters. The van der Waals surface area contributed by atoms with Crippen molar-refractivity contribution < 1.29 is 28.2 Å². The Hall–Kier alpha value is -1.52. The van der Waals surface area contributed by atoms with Crippen molar-refractivity contribution in [2.45, 2.75) is 18.8 Å². The summed E-state index contributed by atoms with van der Waals surface area (Å²) in [6.07, 6.45) is -1.14. The van der Waals surface area contributed by atoms with Crippen LogP contribution in [0.4, 0.5) is 0 Å². The Bertz CT molecular complexity index is 595. The van der Waals surface area contributed by atoms with Gasteiger partial charge in [-0.2, -0.15) is 0 Å². The second-order valence-corrected chi connectivity index (χ2v) is 6.43. The Morgan fingerprint density at radius 3 is 2.68 bits per heavy atom. The number of carboxylic acids is 1. The van der Waals surface area contributed by atoms with Gasteiger partial charge in [0.05, 0.1) is 36.0 Å². The predicted octanol–water partition coefficient (Wildman–Crippen LogP) is -1.55. The van der Waals surface area contributed by atoms with Gasteiger partial charge >= 0.3 is 5.97 Å². The van der Waals surface area contributed by atoms with Crippen LogP contribution in [0.3, 0.4) is 0 Å². The molecular formula is C9H13N3O6S. The van der Waals surface area contributed by atoms with Gasteiger partial charge in [-0.05, 0) is 0 Å². The standard InChI is InChI=1S/C9H13N3O6S/c1-18-2-5-8(9(14)15)10-11-12(5)6-3-19(16,17)4-7(6)13/h6-7,13H,2-4H2,1H3,(H,14,15). The Balaban J connectivity index is 2.43. The summed E-state index contributed by atoms with van der Waals surface area (Å²) in [4.78, 5) is 11.0. The Morgan fingerprint density at radius 1 is 1.53 bits per heavy atom. The molecule has 2 atom stereocenters. The highest BCUT2D eigenvalue weighted by atomic mass is 32.2. The molecule has 2 heterocycles. The first-order chi connectivity index (χ1) is 8.85. The van der Waals surface area contributed by atoms with Crippen molar-refractivity contribution in [1.82, 2.24) is 15.0 Å². The molecule has 1 fully saturated rings. The van der Waals surface area contributed by atoms with Gasteiger partial charge in [-0.1, -0.05) is 5.21 Å². The first-order valence-electron chi connectivity index (χ1n) is 5.40. The Labute approximate surface area is 108 Å². The molecule has 1 aliphatic rings. The molecule has 0 amide bonds. The second kappa shape index (κ2) is 4.87. The van der Waals surface area contributed by atoms with Crippen molar-refractivity contribution in [3.63, 3.8) is 0 Å². The third-order valence-electron chi connectivity index (χ3n) is 2.88. The SMILES string of the molecule is COCc1c(C(=O)O)nnn1C1CS(=O)(=O)CC1O. The third kappa shape index (κ3) is 2.60. The molecule has 1 aromatic heterocycles. The molecule has 2 N–H and O–H groups in total. The van der Waals surface area contributed by atoms with Crippen LogP contribution in [-0.4, -0.2) is 64.3 Å². The molecule has 9 nitrogen and oxygen atoms in total. The summed E-state index contributed by atoms with van der Waals surface area (Å²) in [6, 6.07) is -0.837. The summed E-state index contributed by atoms with van der Waals surface area (Å²) in [5.74, 6) is -1.95. The summed E-state index contributed by atoms with van der Waals surface area (Å²) in [5, 5.41) is 25.9. The van der Waals surface area contributed by atoms with Crippen molar-refractivity contribution >= 4 is 15.8 Å². The van der Waals surface area contributed by atoms with Gasteiger partial charge in [0.2, 0.25) is 0 Å². The van der Waals surface area contributed by atoms with E-state index < -0.39 is 28.0 Å². The Morgan fingerprint density at radius 2 is 2.21 bits per heavy atom. The number of methoxy groups -OCH3 is 1. The van der Waals surface area contributed by atoms with Crippen molar-refractivity contribution in [2.75, 3.05) is 18.6 Å². The number of sulfone groups is 1. The van der Waals surface area contributed by atoms with Crippen LogP contribution in [0.25, 0.3) is 0 Å². The van der Waals surface area contributed by atoms with E-state index in [0.29, 0.717) is 0 Å². The van der Waals surface area contributed by atoms with E-state index in [-0.39, 0.29) is 29.5 Å². The smallest absolute Gasteiger partial charge is 0.358 e. The molecular weight excluding hydrogens is 278 g/mol. The van der Waals surface area contributed by atoms with E-state index in [1.165, 1.54) is 7.11 Å². The highest BCUT2D eigenvalue weighted by molar-refractivity contribution is 7.91. The van der Waals surface area contributed by atoms with Gasteiger partial charge in [-0.15, -0.1) is 5.10 Å². The van der Waals surface area contributed by atoms with Gasteiger partial charge in [-0.25, -0.2) is 17.9 Å². The second-order valence-electron chi connectivity index (χ2n) is 4.28. The molecule has 1 aliphatic heterocycles. The number of carboxylic acid groups (broad SMARTS) is 1. The number of aromatic nitrogens is 3. The molecule has 0 aliphatic carbocycles. The zero-order valence-electron chi connectivity index (χ0n) is 10.1. The van der Waals surface area contributed by atoms with Crippen LogP contribution < -0.4 is 0 Å². The monoisotopic (exact) mass is 291 g/mol. The van der Waals surface area contributed by atoms with Crippen molar-refractivity contribution in [1.29, 1.82) is 0 Å². The average molecular weight is 291 g/mol. The number of carbonyl (C=O) groups is 1. The normalized spacial score (nSPS) is 25.6. The quantitative estimate of drug-likeness (QED) is 0.681. The van der Waals surface area contributed by atoms with Crippen LogP contribution in [0.15, 0.2) is 0 Å². The highest BCUT2D eigenvalue weighted by Crippen LogP contribution is 2.25. The van der Waals surface area contributed by atoms with Crippen LogP contribution in [0.5, 0.6) is 0 Å². The maximum absolute atomic E-state index is 11.5. The first-order valence-corrected chi connectivity index (χ1v) is 7.22. The van der Waals surface area contributed by atoms with Crippen molar-refractivity contribution in [2.24, 2.45) is 0 Å². The minimum Gasteiger partial charge on any atom is -0.476 e. The molecule has 1 aromatic rings. The summed E-state index contributed by atoms with van der Waals surface area (Å²) in [7, 11) is -2.00. The fourth-order valence-electron chi connectivity index (χ4n) is 2.06. The minimum atomic E-state index is -3.36. The molecule has 0 bridgehead atoms. The van der Waals surface area contributed by atoms with Crippen LogP contribution in [0.1, 0.15) is 22.2 Å². The molecule has 10 heteroatoms. The highest BCUT2D eigenvalue weighted by Gasteiger charge is 2.40. The number of aromatic carboxylic acids is 1. The van der Waals surface area contributed by atoms with Crippen molar-refractivity contribution in [3.05, 3.63) is 11.4 Å². The minimum absolute atomic E-state index is 0.0854. The zero-order chi connectivity index (χ0) is 14.2. The van der Waals surface area contributed by atoms with Gasteiger partial charge in [0.25, 0.3) is 0 Å². The van der Waals surface area contributed by atoms with Gasteiger partial charge in [0.1, 0.15) is 0 Å².